The van der Waals surface area contributed by atoms with Gasteiger partial charge in [0, 0.05) is 18.4 Å². The molecule has 0 aliphatic rings. The Bertz CT molecular complexity index is 1110. The summed E-state index contributed by atoms with van der Waals surface area (Å²) in [6, 6.07) is 6.96. The molecule has 0 saturated heterocycles. The highest BCUT2D eigenvalue weighted by atomic mass is 28.4. The van der Waals surface area contributed by atoms with Gasteiger partial charge in [-0.05, 0) is 104 Å². The van der Waals surface area contributed by atoms with Crippen LogP contribution >= 0.6 is 0 Å². The first-order valence-electron chi connectivity index (χ1n) is 22.3. The molecule has 0 heterocycles. The molecule has 0 aromatic carbocycles. The number of hydrogen-bond donors (Lipinski definition) is 0. The third-order valence-electron chi connectivity index (χ3n) is 14.3. The van der Waals surface area contributed by atoms with Gasteiger partial charge in [-0.15, -0.1) is 0 Å². The maximum Gasteiger partial charge on any atom is 0.192 e. The van der Waals surface area contributed by atoms with E-state index in [0.29, 0.717) is 11.8 Å². The first-order chi connectivity index (χ1) is 24.6. The smallest absolute Gasteiger partial charge is 0.192 e. The minimum atomic E-state index is -2.10. The van der Waals surface area contributed by atoms with E-state index in [1.54, 1.807) is 0 Å². The Balaban J connectivity index is 7.00. The van der Waals surface area contributed by atoms with Gasteiger partial charge in [0.2, 0.25) is 0 Å². The maximum absolute atomic E-state index is 7.54. The van der Waals surface area contributed by atoms with Crippen LogP contribution in [0.3, 0.4) is 0 Å². The van der Waals surface area contributed by atoms with Crippen molar-refractivity contribution in [3.05, 3.63) is 36.5 Å². The Morgan fingerprint density at radius 2 is 1.02 bits per heavy atom. The largest absolute Gasteiger partial charge is 0.416 e. The molecule has 0 fully saturated rings. The summed E-state index contributed by atoms with van der Waals surface area (Å²) in [5, 5.41) is 0.256. The summed E-state index contributed by atoms with van der Waals surface area (Å²) in [4.78, 5) is 0. The molecule has 0 spiro atoms. The highest BCUT2D eigenvalue weighted by molar-refractivity contribution is 6.75. The third-order valence-corrected chi connectivity index (χ3v) is 32.5. The molecule has 0 aliphatic carbocycles. The molecule has 0 aromatic heterocycles. The quantitative estimate of drug-likeness (QED) is 0.0495. The van der Waals surface area contributed by atoms with Crippen LogP contribution in [0.25, 0.3) is 0 Å². The van der Waals surface area contributed by atoms with Gasteiger partial charge in [-0.25, -0.2) is 0 Å². The van der Waals surface area contributed by atoms with Gasteiger partial charge in [0.05, 0.1) is 18.3 Å². The average molecular weight is 826 g/mol. The summed E-state index contributed by atoms with van der Waals surface area (Å²) in [5.41, 5.74) is 1.43. The van der Waals surface area contributed by atoms with Crippen LogP contribution in [0, 0.1) is 29.6 Å². The second-order valence-electron chi connectivity index (χ2n) is 20.4. The monoisotopic (exact) mass is 825 g/mol. The second-order valence-corrected chi connectivity index (χ2v) is 39.4. The zero-order valence-corrected chi connectivity index (χ0v) is 44.4. The van der Waals surface area contributed by atoms with Gasteiger partial charge in [-0.1, -0.05) is 154 Å². The summed E-state index contributed by atoms with van der Waals surface area (Å²) in [6.45, 7) is 56.9. The Hall–Kier alpha value is -0.0725. The highest BCUT2D eigenvalue weighted by Gasteiger charge is 2.46. The molecule has 0 aliphatic heterocycles. The van der Waals surface area contributed by atoms with Crippen LogP contribution in [0.5, 0.6) is 0 Å². The van der Waals surface area contributed by atoms with Crippen molar-refractivity contribution in [3.63, 3.8) is 0 Å². The topological polar surface area (TPSA) is 36.9 Å². The summed E-state index contributed by atoms with van der Waals surface area (Å²) in [6.07, 6.45) is 10.1. The molecule has 0 unspecified atom stereocenters. The van der Waals surface area contributed by atoms with E-state index in [-0.39, 0.29) is 46.1 Å². The van der Waals surface area contributed by atoms with E-state index in [4.69, 9.17) is 17.7 Å². The molecule has 54 heavy (non-hydrogen) atoms. The lowest BCUT2D eigenvalue weighted by atomic mass is 9.81. The molecule has 0 radical (unpaired) electrons. The van der Waals surface area contributed by atoms with E-state index in [1.165, 1.54) is 23.7 Å². The molecule has 320 valence electrons. The lowest BCUT2D eigenvalue weighted by molar-refractivity contribution is -0.00627. The lowest BCUT2D eigenvalue weighted by Crippen LogP contribution is -2.52. The minimum Gasteiger partial charge on any atom is -0.416 e. The fourth-order valence-corrected chi connectivity index (χ4v) is 16.4. The van der Waals surface area contributed by atoms with E-state index in [2.05, 4.69) is 176 Å². The van der Waals surface area contributed by atoms with Crippen molar-refractivity contribution in [1.29, 1.82) is 0 Å². The Morgan fingerprint density at radius 1 is 0.593 bits per heavy atom. The summed E-state index contributed by atoms with van der Waals surface area (Å²) >= 11 is 0. The number of hydrogen-bond acceptors (Lipinski definition) is 4. The zero-order valence-electron chi connectivity index (χ0n) is 40.4. The minimum absolute atomic E-state index is 0.0770. The van der Waals surface area contributed by atoms with Crippen LogP contribution in [0.1, 0.15) is 131 Å². The standard InChI is InChI=1S/C46H96O4Si4/c1-24-31-32-37(9)43(50-54(28-5,29-6)30-7)41(13)44(49-52(22,23)46(17,18)19)39(11)34-36(8)33-38(10)42(48-51(20,21)45(14,15)16)40(12)35-47-53(25-2,26-3)27-4/h24,31-33,37-44H,1,25-30,34-35H2,2-23H3/t37-,38-,39-,40-,41+,42+,43-,44+/m0/s1. The summed E-state index contributed by atoms with van der Waals surface area (Å²) in [5.74, 6) is 1.40. The molecule has 8 atom stereocenters. The molecular weight excluding hydrogens is 729 g/mol. The highest BCUT2D eigenvalue weighted by Crippen LogP contribution is 2.43. The van der Waals surface area contributed by atoms with Crippen molar-refractivity contribution in [2.75, 3.05) is 6.61 Å². The van der Waals surface area contributed by atoms with Crippen molar-refractivity contribution in [3.8, 4) is 0 Å². The molecule has 0 rings (SSSR count). The van der Waals surface area contributed by atoms with E-state index < -0.39 is 33.3 Å². The third kappa shape index (κ3) is 15.6. The van der Waals surface area contributed by atoms with Crippen LogP contribution < -0.4 is 0 Å². The van der Waals surface area contributed by atoms with Gasteiger partial charge in [0.25, 0.3) is 0 Å². The van der Waals surface area contributed by atoms with E-state index in [0.717, 1.165) is 31.2 Å². The van der Waals surface area contributed by atoms with Gasteiger partial charge in [-0.2, -0.15) is 0 Å². The van der Waals surface area contributed by atoms with E-state index in [1.807, 2.05) is 6.08 Å². The van der Waals surface area contributed by atoms with Crippen LogP contribution in [0.2, 0.25) is 72.5 Å². The summed E-state index contributed by atoms with van der Waals surface area (Å²) in [7, 11) is -7.72. The fourth-order valence-electron chi connectivity index (χ4n) is 7.74. The molecular formula is C46H96O4Si4. The van der Waals surface area contributed by atoms with Gasteiger partial charge in [-0.3, -0.25) is 0 Å². The first kappa shape index (κ1) is 53.9. The van der Waals surface area contributed by atoms with Crippen molar-refractivity contribution >= 4 is 33.3 Å². The van der Waals surface area contributed by atoms with Crippen molar-refractivity contribution in [1.82, 2.24) is 0 Å². The molecule has 4 nitrogen and oxygen atoms in total. The molecule has 0 aromatic rings. The Morgan fingerprint density at radius 3 is 1.41 bits per heavy atom. The average Bonchev–Trinajstić information content (AvgIpc) is 3.08. The van der Waals surface area contributed by atoms with Gasteiger partial charge >= 0.3 is 0 Å². The molecule has 0 saturated carbocycles. The van der Waals surface area contributed by atoms with Crippen LogP contribution in [0.15, 0.2) is 36.5 Å². The number of allylic oxidation sites excluding steroid dienone is 3. The van der Waals surface area contributed by atoms with Gasteiger partial charge in [0.1, 0.15) is 0 Å². The lowest BCUT2D eigenvalue weighted by Gasteiger charge is -2.47. The zero-order chi connectivity index (χ0) is 42.5. The van der Waals surface area contributed by atoms with E-state index in [9.17, 15) is 0 Å². The summed E-state index contributed by atoms with van der Waals surface area (Å²) < 4.78 is 29.3. The van der Waals surface area contributed by atoms with Crippen LogP contribution in [0.4, 0.5) is 0 Å². The number of rotatable bonds is 26. The molecule has 0 N–H and O–H groups in total. The van der Waals surface area contributed by atoms with Crippen molar-refractivity contribution in [2.24, 2.45) is 29.6 Å². The molecule has 0 bridgehead atoms. The van der Waals surface area contributed by atoms with Crippen molar-refractivity contribution in [2.45, 2.75) is 222 Å². The molecule has 8 heteroatoms. The predicted molar refractivity (Wildman–Crippen MR) is 253 cm³/mol. The maximum atomic E-state index is 7.54. The van der Waals surface area contributed by atoms with Crippen LogP contribution in [-0.2, 0) is 17.7 Å². The van der Waals surface area contributed by atoms with Crippen molar-refractivity contribution < 1.29 is 17.7 Å². The second kappa shape index (κ2) is 22.9. The van der Waals surface area contributed by atoms with E-state index >= 15 is 0 Å². The SMILES string of the molecule is C=CC=C[C@H](C)[C@H](O[Si](CC)(CC)CC)[C@@H](C)[C@H](O[Si](C)(C)C(C)(C)C)[C@@H](C)CC(C)=C[C@H](C)[C@@H](O[Si](C)(C)C(C)(C)C)[C@@H](C)CO[Si](CC)(CC)CC. The van der Waals surface area contributed by atoms with Gasteiger partial charge < -0.3 is 17.7 Å². The van der Waals surface area contributed by atoms with Crippen LogP contribution in [-0.4, -0.2) is 58.2 Å². The Kier molecular flexibility index (Phi) is 22.9. The molecule has 0 amide bonds. The normalized spacial score (nSPS) is 19.0. The predicted octanol–water partition coefficient (Wildman–Crippen LogP) is 15.4. The fraction of sp³-hybridized carbons (Fsp3) is 0.870. The first-order valence-corrected chi connectivity index (χ1v) is 33.1. The van der Waals surface area contributed by atoms with Gasteiger partial charge in [0.15, 0.2) is 33.3 Å². The Labute approximate surface area is 344 Å².